The summed E-state index contributed by atoms with van der Waals surface area (Å²) >= 11 is 15.6. The molecule has 35 heavy (non-hydrogen) atoms. The van der Waals surface area contributed by atoms with E-state index in [2.05, 4.69) is 38.0 Å². The molecule has 4 heterocycles. The number of rotatable bonds is 6. The summed E-state index contributed by atoms with van der Waals surface area (Å²) in [5.41, 5.74) is 7.92. The van der Waals surface area contributed by atoms with E-state index in [1.807, 2.05) is 12.1 Å². The molecule has 12 heteroatoms. The lowest BCUT2D eigenvalue weighted by Crippen LogP contribution is -2.71. The fourth-order valence-corrected chi connectivity index (χ4v) is 4.48. The lowest BCUT2D eigenvalue weighted by Gasteiger charge is -2.56. The van der Waals surface area contributed by atoms with Crippen molar-refractivity contribution < 1.29 is 9.13 Å². The Morgan fingerprint density at radius 3 is 2.60 bits per heavy atom. The summed E-state index contributed by atoms with van der Waals surface area (Å²) in [5, 5.41) is 19.6. The fourth-order valence-electron chi connectivity index (χ4n) is 4.05. The van der Waals surface area contributed by atoms with E-state index in [-0.39, 0.29) is 33.9 Å². The van der Waals surface area contributed by atoms with Gasteiger partial charge in [-0.25, -0.2) is 9.37 Å². The maximum Gasteiger partial charge on any atom is 0.167 e. The van der Waals surface area contributed by atoms with E-state index in [4.69, 9.17) is 39.1 Å². The first kappa shape index (κ1) is 25.4. The zero-order valence-corrected chi connectivity index (χ0v) is 21.3. The number of nitrogens with one attached hydrogen (secondary N) is 2. The number of nitrogen functional groups attached to an aromatic ring is 1. The van der Waals surface area contributed by atoms with Crippen LogP contribution >= 0.6 is 35.8 Å². The van der Waals surface area contributed by atoms with Crippen LogP contribution in [0, 0.1) is 16.6 Å². The van der Waals surface area contributed by atoms with Gasteiger partial charge < -0.3 is 20.7 Å². The van der Waals surface area contributed by atoms with E-state index in [0.29, 0.717) is 22.1 Å². The zero-order valence-electron chi connectivity index (χ0n) is 18.9. The minimum atomic E-state index is -0.663. The molecular formula is C23H24Cl2FN7OS. The third-order valence-electron chi connectivity index (χ3n) is 6.01. The number of hydrogen-bond donors (Lipinski definition) is 4. The second-order valence-corrected chi connectivity index (χ2v) is 9.13. The number of hydrogen-bond acceptors (Lipinski definition) is 9. The quantitative estimate of drug-likeness (QED) is 0.215. The topological polar surface area (TPSA) is 113 Å². The molecule has 3 aromatic rings. The first-order valence-corrected chi connectivity index (χ1v) is 12.3. The van der Waals surface area contributed by atoms with Crippen molar-refractivity contribution in [2.45, 2.75) is 6.61 Å². The second-order valence-electron chi connectivity index (χ2n) is 8.36. The Hall–Kier alpha value is -2.66. The molecule has 4 N–H and O–H groups in total. The van der Waals surface area contributed by atoms with Gasteiger partial charge in [-0.3, -0.25) is 5.41 Å². The van der Waals surface area contributed by atoms with Gasteiger partial charge >= 0.3 is 0 Å². The van der Waals surface area contributed by atoms with Gasteiger partial charge in [-0.15, -0.1) is 5.10 Å². The zero-order chi connectivity index (χ0) is 25.2. The third kappa shape index (κ3) is 5.16. The van der Waals surface area contributed by atoms with E-state index in [9.17, 15) is 4.39 Å². The monoisotopic (exact) mass is 535 g/mol. The third-order valence-corrected chi connectivity index (χ3v) is 6.64. The largest absolute Gasteiger partial charge is 0.486 e. The van der Waals surface area contributed by atoms with Gasteiger partial charge in [-0.2, -0.15) is 17.7 Å². The van der Waals surface area contributed by atoms with Crippen molar-refractivity contribution in [3.8, 4) is 5.75 Å². The normalized spacial score (nSPS) is 15.5. The van der Waals surface area contributed by atoms with Crippen molar-refractivity contribution in [1.82, 2.24) is 20.5 Å². The van der Waals surface area contributed by atoms with E-state index in [1.54, 1.807) is 12.5 Å². The molecular weight excluding hydrogens is 512 g/mol. The van der Waals surface area contributed by atoms with Gasteiger partial charge in [0, 0.05) is 66.2 Å². The number of pyridine rings is 1. The van der Waals surface area contributed by atoms with Gasteiger partial charge in [0.25, 0.3) is 0 Å². The summed E-state index contributed by atoms with van der Waals surface area (Å²) in [7, 11) is 0. The summed E-state index contributed by atoms with van der Waals surface area (Å²) in [6.07, 6.45) is 4.65. The second kappa shape index (κ2) is 10.5. The number of thiol groups is 1. The lowest BCUT2D eigenvalue weighted by molar-refractivity contribution is 0.120. The smallest absolute Gasteiger partial charge is 0.167 e. The molecule has 0 unspecified atom stereocenters. The molecule has 2 aliphatic heterocycles. The van der Waals surface area contributed by atoms with Crippen LogP contribution in [0.4, 0.5) is 15.9 Å². The first-order valence-electron chi connectivity index (χ1n) is 10.7. The van der Waals surface area contributed by atoms with E-state index < -0.39 is 5.82 Å². The van der Waals surface area contributed by atoms with Crippen LogP contribution in [0.5, 0.6) is 5.75 Å². The molecule has 0 bridgehead atoms. The van der Waals surface area contributed by atoms with Crippen LogP contribution in [0.15, 0.2) is 36.7 Å². The Bertz CT molecular complexity index is 1210. The molecule has 2 aliphatic rings. The summed E-state index contributed by atoms with van der Waals surface area (Å²) in [6.45, 7) is 3.95. The molecule has 2 aromatic heterocycles. The maximum atomic E-state index is 14.5. The predicted molar refractivity (Wildman–Crippen MR) is 140 cm³/mol. The van der Waals surface area contributed by atoms with E-state index in [1.165, 1.54) is 12.3 Å². The van der Waals surface area contributed by atoms with Gasteiger partial charge in [-0.05, 0) is 24.5 Å². The van der Waals surface area contributed by atoms with E-state index in [0.717, 1.165) is 38.1 Å². The molecule has 0 saturated carbocycles. The minimum Gasteiger partial charge on any atom is -0.486 e. The van der Waals surface area contributed by atoms with Gasteiger partial charge in [-0.1, -0.05) is 23.2 Å². The predicted octanol–water partition coefficient (Wildman–Crippen LogP) is 3.85. The number of ether oxygens (including phenoxy) is 1. The Kier molecular flexibility index (Phi) is 7.65. The van der Waals surface area contributed by atoms with Gasteiger partial charge in [0.05, 0.1) is 16.9 Å². The van der Waals surface area contributed by atoms with E-state index >= 15 is 0 Å². The summed E-state index contributed by atoms with van der Waals surface area (Å²) in [4.78, 5) is 6.73. The van der Waals surface area contributed by atoms with Crippen molar-refractivity contribution in [1.29, 1.82) is 5.41 Å². The molecule has 184 valence electrons. The number of aromatic nitrogens is 3. The number of anilines is 2. The molecule has 0 radical (unpaired) electrons. The van der Waals surface area contributed by atoms with Crippen LogP contribution in [0.2, 0.25) is 10.2 Å². The van der Waals surface area contributed by atoms with Crippen molar-refractivity contribution in [2.24, 2.45) is 5.41 Å². The average Bonchev–Trinajstić information content (AvgIpc) is 2.79. The van der Waals surface area contributed by atoms with Crippen molar-refractivity contribution in [2.75, 3.05) is 43.1 Å². The molecule has 0 amide bonds. The van der Waals surface area contributed by atoms with Crippen LogP contribution < -0.4 is 20.7 Å². The van der Waals surface area contributed by atoms with Crippen molar-refractivity contribution in [3.63, 3.8) is 0 Å². The average molecular weight is 536 g/mol. The summed E-state index contributed by atoms with van der Waals surface area (Å²) < 4.78 is 20.1. The van der Waals surface area contributed by atoms with Gasteiger partial charge in [0.15, 0.2) is 16.7 Å². The molecule has 2 saturated heterocycles. The first-order chi connectivity index (χ1) is 16.8. The lowest BCUT2D eigenvalue weighted by atomic mass is 9.74. The van der Waals surface area contributed by atoms with Crippen LogP contribution in [0.25, 0.3) is 0 Å². The number of halogens is 3. The van der Waals surface area contributed by atoms with Gasteiger partial charge in [0.1, 0.15) is 12.4 Å². The highest BCUT2D eigenvalue weighted by Gasteiger charge is 2.47. The number of nitrogens with zero attached hydrogens (tertiary/aromatic N) is 4. The van der Waals surface area contributed by atoms with Gasteiger partial charge in [0.2, 0.25) is 0 Å². The maximum absolute atomic E-state index is 14.5. The minimum absolute atomic E-state index is 0.0687. The highest BCUT2D eigenvalue weighted by molar-refractivity contribution is 7.79. The standard InChI is InChI=1S/C22H20Cl2FN7O.CH4S/c23-15-6-30-31-21(24)14(15)7-33-18-3-13(17(26)4-16(18)25)20(27)12-1-2-19(29-5-12)32-10-22(11-32)8-28-9-22;1-2/h1-6,27-28H,7-11,26H2;2H,1H3. The molecule has 1 spiro atoms. The van der Waals surface area contributed by atoms with Crippen LogP contribution in [0.1, 0.15) is 16.7 Å². The molecule has 1 aromatic carbocycles. The molecule has 2 fully saturated rings. The highest BCUT2D eigenvalue weighted by Crippen LogP contribution is 2.36. The van der Waals surface area contributed by atoms with Crippen LogP contribution in [-0.4, -0.2) is 53.3 Å². The molecule has 8 nitrogen and oxygen atoms in total. The number of nitrogens with two attached hydrogens (primary N) is 1. The highest BCUT2D eigenvalue weighted by atomic mass is 35.5. The number of benzene rings is 1. The Balaban J connectivity index is 0.00000141. The Labute approximate surface area is 217 Å². The van der Waals surface area contributed by atoms with Crippen molar-refractivity contribution >= 4 is 53.0 Å². The van der Waals surface area contributed by atoms with Crippen LogP contribution in [-0.2, 0) is 6.61 Å². The molecule has 0 aliphatic carbocycles. The molecule has 0 atom stereocenters. The van der Waals surface area contributed by atoms with Crippen LogP contribution in [0.3, 0.4) is 0 Å². The fraction of sp³-hybridized carbons (Fsp3) is 0.304. The Morgan fingerprint density at radius 2 is 2.00 bits per heavy atom. The molecule has 5 rings (SSSR count). The summed E-state index contributed by atoms with van der Waals surface area (Å²) in [5.74, 6) is 0.126. The SMILES string of the molecule is CS.N=C(c1ccc(N2CC3(CNC3)C2)nc1)c1cc(OCc2c(Cl)cnnc2Cl)c(F)cc1N. The van der Waals surface area contributed by atoms with Crippen molar-refractivity contribution in [3.05, 3.63) is 69.3 Å². The Morgan fingerprint density at radius 1 is 1.26 bits per heavy atom. The summed E-state index contributed by atoms with van der Waals surface area (Å²) in [6, 6.07) is 6.22.